The first-order valence-electron chi connectivity index (χ1n) is 17.9. The first-order chi connectivity index (χ1) is 21.8. The molecule has 1 N–H and O–H groups in total. The van der Waals surface area contributed by atoms with Crippen molar-refractivity contribution in [3.8, 4) is 0 Å². The Labute approximate surface area is 275 Å². The van der Waals surface area contributed by atoms with E-state index in [0.29, 0.717) is 12.5 Å². The van der Waals surface area contributed by atoms with Crippen molar-refractivity contribution in [3.05, 3.63) is 108 Å². The summed E-state index contributed by atoms with van der Waals surface area (Å²) in [7, 11) is 0. The average molecular weight is 615 g/mol. The van der Waals surface area contributed by atoms with Crippen molar-refractivity contribution in [3.63, 3.8) is 0 Å². The summed E-state index contributed by atoms with van der Waals surface area (Å²) in [4.78, 5) is 0. The number of hydrogen-bond donors (Lipinski definition) is 1. The van der Waals surface area contributed by atoms with Gasteiger partial charge in [0.15, 0.2) is 0 Å². The molecule has 2 unspecified atom stereocenters. The SMILES string of the molecule is CC(C)CCC[C@@H](C)CCC[C@@H](C)CCCC(C)CCOCC(O)COC(c1ccccc1)(c1ccccc1)c1ccccc1. The molecule has 4 atom stereocenters. The summed E-state index contributed by atoms with van der Waals surface area (Å²) in [6.07, 6.45) is 12.5. The van der Waals surface area contributed by atoms with Crippen LogP contribution in [0.25, 0.3) is 0 Å². The monoisotopic (exact) mass is 614 g/mol. The zero-order chi connectivity index (χ0) is 32.3. The van der Waals surface area contributed by atoms with E-state index in [1.807, 2.05) is 54.6 Å². The fraction of sp³-hybridized carbons (Fsp3) is 0.571. The lowest BCUT2D eigenvalue weighted by Crippen LogP contribution is -2.36. The van der Waals surface area contributed by atoms with Crippen molar-refractivity contribution < 1.29 is 14.6 Å². The average Bonchev–Trinajstić information content (AvgIpc) is 3.05. The molecular formula is C42H62O3. The topological polar surface area (TPSA) is 38.7 Å². The van der Waals surface area contributed by atoms with Gasteiger partial charge in [-0.1, -0.05) is 183 Å². The minimum absolute atomic E-state index is 0.169. The Morgan fingerprint density at radius 3 is 1.29 bits per heavy atom. The third-order valence-electron chi connectivity index (χ3n) is 9.36. The van der Waals surface area contributed by atoms with Gasteiger partial charge in [0.2, 0.25) is 0 Å². The van der Waals surface area contributed by atoms with Crippen LogP contribution in [-0.4, -0.2) is 31.0 Å². The number of aliphatic hydroxyl groups is 1. The van der Waals surface area contributed by atoms with Gasteiger partial charge in [-0.15, -0.1) is 0 Å². The smallest absolute Gasteiger partial charge is 0.143 e. The Kier molecular flexibility index (Phi) is 17.0. The Bertz CT molecular complexity index is 1030. The van der Waals surface area contributed by atoms with E-state index in [4.69, 9.17) is 9.47 Å². The molecule has 0 heterocycles. The van der Waals surface area contributed by atoms with Gasteiger partial charge in [0, 0.05) is 6.61 Å². The predicted molar refractivity (Wildman–Crippen MR) is 190 cm³/mol. The first-order valence-corrected chi connectivity index (χ1v) is 17.9. The second-order valence-corrected chi connectivity index (χ2v) is 14.1. The van der Waals surface area contributed by atoms with E-state index in [-0.39, 0.29) is 13.2 Å². The van der Waals surface area contributed by atoms with E-state index in [9.17, 15) is 5.11 Å². The van der Waals surface area contributed by atoms with Gasteiger partial charge >= 0.3 is 0 Å². The summed E-state index contributed by atoms with van der Waals surface area (Å²) in [5.41, 5.74) is 2.27. The minimum Gasteiger partial charge on any atom is -0.388 e. The van der Waals surface area contributed by atoms with Crippen molar-refractivity contribution in [1.82, 2.24) is 0 Å². The fourth-order valence-corrected chi connectivity index (χ4v) is 6.48. The molecule has 0 spiro atoms. The molecule has 3 aromatic carbocycles. The van der Waals surface area contributed by atoms with E-state index in [1.54, 1.807) is 0 Å². The molecule has 0 saturated carbocycles. The molecule has 45 heavy (non-hydrogen) atoms. The second kappa shape index (κ2) is 20.6. The third-order valence-corrected chi connectivity index (χ3v) is 9.36. The quantitative estimate of drug-likeness (QED) is 0.0853. The lowest BCUT2D eigenvalue weighted by Gasteiger charge is -2.36. The molecule has 3 nitrogen and oxygen atoms in total. The zero-order valence-electron chi connectivity index (χ0n) is 29.0. The standard InChI is InChI=1S/C42H62O3/c1-34(2)18-15-19-35(3)20-16-21-36(4)22-17-23-37(5)30-31-44-32-41(43)33-45-42(38-24-9-6-10-25-38,39-26-11-7-12-27-39)40-28-13-8-14-29-40/h6-14,24-29,34-37,41,43H,15-23,30-33H2,1-5H3/t35-,36-,37?,41?/m1/s1. The van der Waals surface area contributed by atoms with Crippen LogP contribution in [0.2, 0.25) is 0 Å². The number of aliphatic hydroxyl groups excluding tert-OH is 1. The maximum atomic E-state index is 10.9. The third kappa shape index (κ3) is 13.1. The van der Waals surface area contributed by atoms with Crippen LogP contribution >= 0.6 is 0 Å². The molecule has 0 aliphatic rings. The summed E-state index contributed by atoms with van der Waals surface area (Å²) in [5, 5.41) is 10.9. The second-order valence-electron chi connectivity index (χ2n) is 14.1. The lowest BCUT2D eigenvalue weighted by molar-refractivity contribution is -0.0647. The molecular weight excluding hydrogens is 552 g/mol. The van der Waals surface area contributed by atoms with E-state index >= 15 is 0 Å². The highest BCUT2D eigenvalue weighted by molar-refractivity contribution is 5.47. The van der Waals surface area contributed by atoms with E-state index in [1.165, 1.54) is 57.8 Å². The normalized spacial score (nSPS) is 14.7. The van der Waals surface area contributed by atoms with Gasteiger partial charge in [-0.25, -0.2) is 0 Å². The maximum Gasteiger partial charge on any atom is 0.143 e. The Hall–Kier alpha value is -2.46. The van der Waals surface area contributed by atoms with Crippen LogP contribution in [0.3, 0.4) is 0 Å². The van der Waals surface area contributed by atoms with Crippen LogP contribution in [0, 0.1) is 23.7 Å². The van der Waals surface area contributed by atoms with Crippen LogP contribution in [0.4, 0.5) is 0 Å². The van der Waals surface area contributed by atoms with Crippen LogP contribution in [0.1, 0.15) is 116 Å². The van der Waals surface area contributed by atoms with E-state index in [0.717, 1.165) is 40.9 Å². The van der Waals surface area contributed by atoms with Crippen LogP contribution in [-0.2, 0) is 15.1 Å². The minimum atomic E-state index is -0.831. The molecule has 0 aliphatic heterocycles. The largest absolute Gasteiger partial charge is 0.388 e. The number of rotatable bonds is 23. The Morgan fingerprint density at radius 1 is 0.511 bits per heavy atom. The van der Waals surface area contributed by atoms with Crippen molar-refractivity contribution in [2.24, 2.45) is 23.7 Å². The van der Waals surface area contributed by atoms with Crippen molar-refractivity contribution >= 4 is 0 Å². The van der Waals surface area contributed by atoms with Gasteiger partial charge in [-0.05, 0) is 46.8 Å². The van der Waals surface area contributed by atoms with Gasteiger partial charge in [0.05, 0.1) is 13.2 Å². The molecule has 0 fully saturated rings. The highest BCUT2D eigenvalue weighted by Gasteiger charge is 2.38. The van der Waals surface area contributed by atoms with Crippen LogP contribution < -0.4 is 0 Å². The highest BCUT2D eigenvalue weighted by atomic mass is 16.5. The first kappa shape index (κ1) is 37.0. The summed E-state index contributed by atoms with van der Waals surface area (Å²) < 4.78 is 12.7. The zero-order valence-corrected chi connectivity index (χ0v) is 29.0. The molecule has 3 aromatic rings. The van der Waals surface area contributed by atoms with Gasteiger partial charge in [0.1, 0.15) is 11.7 Å². The van der Waals surface area contributed by atoms with Crippen molar-refractivity contribution in [2.75, 3.05) is 19.8 Å². The molecule has 0 amide bonds. The van der Waals surface area contributed by atoms with E-state index < -0.39 is 11.7 Å². The van der Waals surface area contributed by atoms with Gasteiger partial charge in [-0.3, -0.25) is 0 Å². The highest BCUT2D eigenvalue weighted by Crippen LogP contribution is 2.40. The Morgan fingerprint density at radius 2 is 0.889 bits per heavy atom. The molecule has 3 heteroatoms. The number of hydrogen-bond acceptors (Lipinski definition) is 3. The number of benzene rings is 3. The molecule has 0 radical (unpaired) electrons. The molecule has 0 bridgehead atoms. The maximum absolute atomic E-state index is 10.9. The van der Waals surface area contributed by atoms with E-state index in [2.05, 4.69) is 71.0 Å². The summed E-state index contributed by atoms with van der Waals surface area (Å²) in [5.74, 6) is 3.17. The Balaban J connectivity index is 1.38. The molecule has 248 valence electrons. The van der Waals surface area contributed by atoms with Crippen molar-refractivity contribution in [1.29, 1.82) is 0 Å². The summed E-state index contributed by atoms with van der Waals surface area (Å²) in [6.45, 7) is 13.0. The summed E-state index contributed by atoms with van der Waals surface area (Å²) >= 11 is 0. The molecule has 0 saturated heterocycles. The van der Waals surface area contributed by atoms with Crippen LogP contribution in [0.5, 0.6) is 0 Å². The van der Waals surface area contributed by atoms with Gasteiger partial charge < -0.3 is 14.6 Å². The predicted octanol–water partition coefficient (Wildman–Crippen LogP) is 10.8. The summed E-state index contributed by atoms with van der Waals surface area (Å²) in [6, 6.07) is 30.9. The fourth-order valence-electron chi connectivity index (χ4n) is 6.48. The van der Waals surface area contributed by atoms with Crippen LogP contribution in [0.15, 0.2) is 91.0 Å². The van der Waals surface area contributed by atoms with Gasteiger partial charge in [0.25, 0.3) is 0 Å². The molecule has 3 rings (SSSR count). The lowest BCUT2D eigenvalue weighted by atomic mass is 9.80. The van der Waals surface area contributed by atoms with Gasteiger partial charge in [-0.2, -0.15) is 0 Å². The van der Waals surface area contributed by atoms with Crippen molar-refractivity contribution in [2.45, 2.75) is 111 Å². The molecule has 0 aliphatic carbocycles. The number of ether oxygens (including phenoxy) is 2. The molecule has 0 aromatic heterocycles.